The third-order valence-corrected chi connectivity index (χ3v) is 5.79. The van der Waals surface area contributed by atoms with Crippen molar-refractivity contribution < 1.29 is 19.5 Å². The minimum absolute atomic E-state index is 0.297. The van der Waals surface area contributed by atoms with Crippen LogP contribution in [0.5, 0.6) is 0 Å². The van der Waals surface area contributed by atoms with Crippen LogP contribution in [-0.2, 0) is 10.4 Å². The molecule has 1 aliphatic heterocycles. The van der Waals surface area contributed by atoms with Crippen molar-refractivity contribution in [2.75, 3.05) is 16.0 Å². The summed E-state index contributed by atoms with van der Waals surface area (Å²) in [7, 11) is 0. The van der Waals surface area contributed by atoms with Crippen LogP contribution in [0.2, 0.25) is 10.0 Å². The Morgan fingerprint density at radius 3 is 2.28 bits per heavy atom. The van der Waals surface area contributed by atoms with Crippen molar-refractivity contribution >= 4 is 58.0 Å². The molecule has 4 rings (SSSR count). The molecule has 0 spiro atoms. The van der Waals surface area contributed by atoms with Crippen molar-refractivity contribution in [1.82, 2.24) is 0 Å². The predicted molar refractivity (Wildman–Crippen MR) is 123 cm³/mol. The van der Waals surface area contributed by atoms with Gasteiger partial charge in [0.2, 0.25) is 0 Å². The molecule has 1 heterocycles. The Hall–Kier alpha value is -3.39. The molecule has 9 heteroatoms. The number of benzene rings is 3. The minimum atomic E-state index is -1.93. The zero-order valence-corrected chi connectivity index (χ0v) is 18.0. The second-order valence-electron chi connectivity index (χ2n) is 7.25. The fraction of sp³-hybridized carbons (Fsp3) is 0.0870. The molecule has 3 amide bonds. The molecule has 3 aromatic rings. The van der Waals surface area contributed by atoms with E-state index < -0.39 is 29.7 Å². The monoisotopic (exact) mass is 469 g/mol. The number of ketones is 1. The number of urea groups is 1. The lowest BCUT2D eigenvalue weighted by Gasteiger charge is -2.20. The third-order valence-electron chi connectivity index (χ3n) is 5.06. The van der Waals surface area contributed by atoms with Gasteiger partial charge in [0.25, 0.3) is 5.91 Å². The van der Waals surface area contributed by atoms with Crippen molar-refractivity contribution in [3.8, 4) is 0 Å². The normalized spacial score (nSPS) is 16.8. The first-order chi connectivity index (χ1) is 15.3. The summed E-state index contributed by atoms with van der Waals surface area (Å²) in [5, 5.41) is 19.4. The highest BCUT2D eigenvalue weighted by Gasteiger charge is 2.46. The number of fused-ring (bicyclic) bond motifs is 1. The van der Waals surface area contributed by atoms with Gasteiger partial charge < -0.3 is 21.1 Å². The van der Waals surface area contributed by atoms with Gasteiger partial charge in [0.05, 0.1) is 16.5 Å². The van der Waals surface area contributed by atoms with E-state index in [1.54, 1.807) is 48.5 Å². The van der Waals surface area contributed by atoms with Crippen molar-refractivity contribution in [3.05, 3.63) is 87.9 Å². The predicted octanol–water partition coefficient (Wildman–Crippen LogP) is 5.05. The number of carbonyl (C=O) groups is 3. The molecule has 162 valence electrons. The van der Waals surface area contributed by atoms with E-state index in [4.69, 9.17) is 23.2 Å². The van der Waals surface area contributed by atoms with Crippen molar-refractivity contribution in [2.45, 2.75) is 12.0 Å². The number of para-hydroxylation sites is 1. The molecular formula is C23H17Cl2N3O4. The fourth-order valence-electron chi connectivity index (χ4n) is 3.42. The Balaban J connectivity index is 1.41. The quantitative estimate of drug-likeness (QED) is 0.392. The van der Waals surface area contributed by atoms with Gasteiger partial charge in [0.1, 0.15) is 0 Å². The highest BCUT2D eigenvalue weighted by Crippen LogP contribution is 2.38. The lowest BCUT2D eigenvalue weighted by Crippen LogP contribution is -2.36. The van der Waals surface area contributed by atoms with Crippen molar-refractivity contribution in [1.29, 1.82) is 0 Å². The average Bonchev–Trinajstić information content (AvgIpc) is 3.01. The summed E-state index contributed by atoms with van der Waals surface area (Å²) in [6, 6.07) is 17.0. The number of aliphatic hydroxyl groups is 1. The smallest absolute Gasteiger partial charge is 0.323 e. The first-order valence-corrected chi connectivity index (χ1v) is 10.3. The minimum Gasteiger partial charge on any atom is -0.375 e. The van der Waals surface area contributed by atoms with E-state index in [2.05, 4.69) is 16.0 Å². The topological polar surface area (TPSA) is 108 Å². The fourth-order valence-corrected chi connectivity index (χ4v) is 3.72. The lowest BCUT2D eigenvalue weighted by atomic mass is 9.88. The summed E-state index contributed by atoms with van der Waals surface area (Å²) < 4.78 is 0. The van der Waals surface area contributed by atoms with Crippen molar-refractivity contribution in [2.24, 2.45) is 0 Å². The molecule has 0 unspecified atom stereocenters. The number of halogens is 2. The van der Waals surface area contributed by atoms with E-state index in [1.165, 1.54) is 18.2 Å². The van der Waals surface area contributed by atoms with E-state index in [0.717, 1.165) is 0 Å². The Labute approximate surface area is 193 Å². The van der Waals surface area contributed by atoms with Gasteiger partial charge in [-0.05, 0) is 48.5 Å². The molecule has 0 fully saturated rings. The van der Waals surface area contributed by atoms with Gasteiger partial charge in [-0.25, -0.2) is 4.79 Å². The number of rotatable bonds is 5. The molecular weight excluding hydrogens is 453 g/mol. The Kier molecular flexibility index (Phi) is 5.88. The SMILES string of the molecule is O=C(Nc1ccc(C(=O)C[C@]2(O)C(=O)Nc3ccccc32)cc1)Nc1ccc(Cl)c(Cl)c1. The number of carbonyl (C=O) groups excluding carboxylic acids is 3. The van der Waals surface area contributed by atoms with Gasteiger partial charge in [-0.15, -0.1) is 0 Å². The third kappa shape index (κ3) is 4.31. The second-order valence-corrected chi connectivity index (χ2v) is 8.06. The van der Waals surface area contributed by atoms with Crippen LogP contribution >= 0.6 is 23.2 Å². The van der Waals surface area contributed by atoms with Gasteiger partial charge in [-0.2, -0.15) is 0 Å². The highest BCUT2D eigenvalue weighted by atomic mass is 35.5. The zero-order valence-electron chi connectivity index (χ0n) is 16.5. The van der Waals surface area contributed by atoms with Crippen LogP contribution in [0, 0.1) is 0 Å². The largest absolute Gasteiger partial charge is 0.375 e. The van der Waals surface area contributed by atoms with E-state index in [-0.39, 0.29) is 0 Å². The first-order valence-electron chi connectivity index (χ1n) is 9.56. The zero-order chi connectivity index (χ0) is 22.9. The van der Waals surface area contributed by atoms with Gasteiger partial charge in [-0.3, -0.25) is 9.59 Å². The number of amides is 3. The molecule has 7 nitrogen and oxygen atoms in total. The van der Waals surface area contributed by atoms with Crippen LogP contribution in [0.1, 0.15) is 22.3 Å². The molecule has 1 aliphatic rings. The number of hydrogen-bond donors (Lipinski definition) is 4. The van der Waals surface area contributed by atoms with Crippen molar-refractivity contribution in [3.63, 3.8) is 0 Å². The molecule has 0 aromatic heterocycles. The maximum Gasteiger partial charge on any atom is 0.323 e. The number of hydrogen-bond acceptors (Lipinski definition) is 4. The highest BCUT2D eigenvalue weighted by molar-refractivity contribution is 6.42. The van der Waals surface area contributed by atoms with Gasteiger partial charge in [-0.1, -0.05) is 41.4 Å². The Morgan fingerprint density at radius 2 is 1.56 bits per heavy atom. The van der Waals surface area contributed by atoms with E-state index >= 15 is 0 Å². The summed E-state index contributed by atoms with van der Waals surface area (Å²) in [5.74, 6) is -1.05. The lowest BCUT2D eigenvalue weighted by molar-refractivity contribution is -0.133. The Morgan fingerprint density at radius 1 is 0.906 bits per heavy atom. The van der Waals surface area contributed by atoms with E-state index in [1.807, 2.05) is 0 Å². The maximum atomic E-state index is 12.7. The summed E-state index contributed by atoms with van der Waals surface area (Å²) in [4.78, 5) is 37.2. The number of anilines is 3. The van der Waals surface area contributed by atoms with Crippen LogP contribution in [0.3, 0.4) is 0 Å². The van der Waals surface area contributed by atoms with Crippen LogP contribution in [-0.4, -0.2) is 22.8 Å². The van der Waals surface area contributed by atoms with Gasteiger partial charge >= 0.3 is 6.03 Å². The summed E-state index contributed by atoms with van der Waals surface area (Å²) in [5.41, 5.74) is 0.139. The standard InChI is InChI=1S/C23H17Cl2N3O4/c24-17-10-9-15(11-18(17)25)27-22(31)26-14-7-5-13(6-8-14)20(29)12-23(32)16-3-1-2-4-19(16)28-21(23)30/h1-11,32H,12H2,(H,28,30)(H2,26,27,31)/t23-/m1/s1. The number of Topliss-reactive ketones (excluding diaryl/α,β-unsaturated/α-hetero) is 1. The van der Waals surface area contributed by atoms with Crippen LogP contribution < -0.4 is 16.0 Å². The summed E-state index contributed by atoms with van der Waals surface area (Å²) in [6.07, 6.45) is -0.402. The summed E-state index contributed by atoms with van der Waals surface area (Å²) in [6.45, 7) is 0. The van der Waals surface area contributed by atoms with Crippen LogP contribution in [0.15, 0.2) is 66.7 Å². The molecule has 0 radical (unpaired) electrons. The molecule has 4 N–H and O–H groups in total. The molecule has 32 heavy (non-hydrogen) atoms. The van der Waals surface area contributed by atoms with E-state index in [9.17, 15) is 19.5 Å². The average molecular weight is 470 g/mol. The van der Waals surface area contributed by atoms with E-state index in [0.29, 0.717) is 38.2 Å². The molecule has 0 bridgehead atoms. The molecule has 0 saturated heterocycles. The van der Waals surface area contributed by atoms with Gasteiger partial charge in [0, 0.05) is 28.2 Å². The van der Waals surface area contributed by atoms with Crippen LogP contribution in [0.25, 0.3) is 0 Å². The number of nitrogens with one attached hydrogen (secondary N) is 3. The molecule has 0 aliphatic carbocycles. The Bertz CT molecular complexity index is 1230. The first kappa shape index (κ1) is 21.8. The molecule has 1 atom stereocenters. The summed E-state index contributed by atoms with van der Waals surface area (Å²) >= 11 is 11.8. The second kappa shape index (κ2) is 8.63. The van der Waals surface area contributed by atoms with Crippen LogP contribution in [0.4, 0.5) is 21.9 Å². The molecule has 3 aromatic carbocycles. The molecule has 0 saturated carbocycles. The maximum absolute atomic E-state index is 12.7. The van der Waals surface area contributed by atoms with Gasteiger partial charge in [0.15, 0.2) is 11.4 Å².